The van der Waals surface area contributed by atoms with E-state index >= 15 is 0 Å². The molecule has 3 aromatic rings. The van der Waals surface area contributed by atoms with Gasteiger partial charge < -0.3 is 15.4 Å². The summed E-state index contributed by atoms with van der Waals surface area (Å²) in [4.78, 5) is 25.3. The van der Waals surface area contributed by atoms with Crippen molar-refractivity contribution in [3.05, 3.63) is 82.0 Å². The minimum atomic E-state index is -3.77. The third-order valence-electron chi connectivity index (χ3n) is 4.85. The van der Waals surface area contributed by atoms with Crippen LogP contribution in [0, 0.1) is 6.92 Å². The van der Waals surface area contributed by atoms with Crippen LogP contribution in [0.4, 0.5) is 0 Å². The Morgan fingerprint density at radius 2 is 1.62 bits per heavy atom. The standard InChI is InChI=1S/C23H24N2O5S2/c1-16-5-11-19(12-6-16)32(28,29)21(20-4-3-13-31-20)15-25-23(27)22(26)24-14-17-7-9-18(30-2)10-8-17/h3-13,21H,14-15H2,1-2H3,(H,24,26)(H,25,27)/t21-/m1/s1. The summed E-state index contributed by atoms with van der Waals surface area (Å²) < 4.78 is 31.5. The summed E-state index contributed by atoms with van der Waals surface area (Å²) in [6, 6.07) is 17.1. The number of hydrogen-bond acceptors (Lipinski definition) is 6. The Kier molecular flexibility index (Phi) is 7.66. The number of amides is 2. The number of rotatable bonds is 8. The Morgan fingerprint density at radius 1 is 0.969 bits per heavy atom. The van der Waals surface area contributed by atoms with Crippen LogP contribution in [0.25, 0.3) is 0 Å². The fraction of sp³-hybridized carbons (Fsp3) is 0.217. The highest BCUT2D eigenvalue weighted by atomic mass is 32.2. The van der Waals surface area contributed by atoms with Gasteiger partial charge in [0.15, 0.2) is 9.84 Å². The van der Waals surface area contributed by atoms with Crippen LogP contribution >= 0.6 is 11.3 Å². The van der Waals surface area contributed by atoms with Gasteiger partial charge in [-0.15, -0.1) is 11.3 Å². The number of hydrogen-bond donors (Lipinski definition) is 2. The van der Waals surface area contributed by atoms with E-state index < -0.39 is 26.9 Å². The first-order valence-corrected chi connectivity index (χ1v) is 12.3. The second kappa shape index (κ2) is 10.4. The molecule has 1 aromatic heterocycles. The van der Waals surface area contributed by atoms with E-state index in [0.717, 1.165) is 11.1 Å². The van der Waals surface area contributed by atoms with Crippen LogP contribution in [0.1, 0.15) is 21.3 Å². The average Bonchev–Trinajstić information content (AvgIpc) is 3.32. The molecule has 0 bridgehead atoms. The normalized spacial score (nSPS) is 12.1. The monoisotopic (exact) mass is 472 g/mol. The van der Waals surface area contributed by atoms with Gasteiger partial charge in [0.2, 0.25) is 0 Å². The molecule has 32 heavy (non-hydrogen) atoms. The first kappa shape index (κ1) is 23.5. The van der Waals surface area contributed by atoms with Crippen LogP contribution in [-0.2, 0) is 26.0 Å². The Hall–Kier alpha value is -3.17. The van der Waals surface area contributed by atoms with Gasteiger partial charge in [-0.2, -0.15) is 0 Å². The van der Waals surface area contributed by atoms with Crippen LogP contribution < -0.4 is 15.4 Å². The van der Waals surface area contributed by atoms with Crippen molar-refractivity contribution in [2.75, 3.05) is 13.7 Å². The lowest BCUT2D eigenvalue weighted by Gasteiger charge is -2.17. The van der Waals surface area contributed by atoms with Crippen molar-refractivity contribution in [3.8, 4) is 5.75 Å². The predicted octanol–water partition coefficient (Wildman–Crippen LogP) is 3.01. The number of carbonyl (C=O) groups excluding carboxylic acids is 2. The zero-order valence-corrected chi connectivity index (χ0v) is 19.3. The van der Waals surface area contributed by atoms with E-state index in [1.54, 1.807) is 73.2 Å². The van der Waals surface area contributed by atoms with Gasteiger partial charge in [0, 0.05) is 18.0 Å². The summed E-state index contributed by atoms with van der Waals surface area (Å²) in [5.41, 5.74) is 1.74. The quantitative estimate of drug-likeness (QED) is 0.491. The average molecular weight is 473 g/mol. The van der Waals surface area contributed by atoms with Crippen LogP contribution in [0.3, 0.4) is 0 Å². The van der Waals surface area contributed by atoms with Crippen molar-refractivity contribution in [2.24, 2.45) is 0 Å². The summed E-state index contributed by atoms with van der Waals surface area (Å²) in [5, 5.41) is 5.78. The van der Waals surface area contributed by atoms with Gasteiger partial charge >= 0.3 is 11.8 Å². The molecule has 0 aliphatic carbocycles. The summed E-state index contributed by atoms with van der Waals surface area (Å²) in [5.74, 6) is -1.04. The molecule has 2 amide bonds. The molecule has 0 radical (unpaired) electrons. The first-order valence-electron chi connectivity index (χ1n) is 9.84. The molecule has 1 atom stereocenters. The van der Waals surface area contributed by atoms with Gasteiger partial charge in [-0.05, 0) is 48.2 Å². The third kappa shape index (κ3) is 5.74. The lowest BCUT2D eigenvalue weighted by Crippen LogP contribution is -2.42. The van der Waals surface area contributed by atoms with E-state index in [9.17, 15) is 18.0 Å². The minimum absolute atomic E-state index is 0.159. The number of ether oxygens (including phenoxy) is 1. The molecule has 9 heteroatoms. The van der Waals surface area contributed by atoms with Crippen molar-refractivity contribution in [3.63, 3.8) is 0 Å². The number of thiophene rings is 1. The van der Waals surface area contributed by atoms with Crippen LogP contribution in [0.5, 0.6) is 5.75 Å². The third-order valence-corrected chi connectivity index (χ3v) is 8.09. The fourth-order valence-electron chi connectivity index (χ4n) is 3.00. The SMILES string of the molecule is COc1ccc(CNC(=O)C(=O)NC[C@H](c2cccs2)S(=O)(=O)c2ccc(C)cc2)cc1. The molecule has 2 N–H and O–H groups in total. The molecule has 3 rings (SSSR count). The lowest BCUT2D eigenvalue weighted by molar-refractivity contribution is -0.139. The van der Waals surface area contributed by atoms with Crippen LogP contribution in [0.2, 0.25) is 0 Å². The number of nitrogens with one attached hydrogen (secondary N) is 2. The molecule has 0 unspecified atom stereocenters. The Balaban J connectivity index is 1.66. The molecular formula is C23H24N2O5S2. The summed E-state index contributed by atoms with van der Waals surface area (Å²) in [7, 11) is -2.21. The van der Waals surface area contributed by atoms with Crippen LogP contribution in [0.15, 0.2) is 70.9 Å². The van der Waals surface area contributed by atoms with E-state index in [4.69, 9.17) is 4.74 Å². The maximum atomic E-state index is 13.2. The molecule has 2 aromatic carbocycles. The first-order chi connectivity index (χ1) is 15.3. The van der Waals surface area contributed by atoms with E-state index in [1.807, 2.05) is 6.92 Å². The predicted molar refractivity (Wildman–Crippen MR) is 123 cm³/mol. The summed E-state index contributed by atoms with van der Waals surface area (Å²) in [6.07, 6.45) is 0. The second-order valence-electron chi connectivity index (χ2n) is 7.10. The smallest absolute Gasteiger partial charge is 0.309 e. The number of benzene rings is 2. The topological polar surface area (TPSA) is 102 Å². The maximum absolute atomic E-state index is 13.2. The van der Waals surface area contributed by atoms with Crippen molar-refractivity contribution in [1.82, 2.24) is 10.6 Å². The summed E-state index contributed by atoms with van der Waals surface area (Å²) in [6.45, 7) is 1.82. The maximum Gasteiger partial charge on any atom is 0.309 e. The molecule has 0 saturated carbocycles. The van der Waals surface area contributed by atoms with Crippen molar-refractivity contribution >= 4 is 33.0 Å². The zero-order chi connectivity index (χ0) is 23.1. The Bertz CT molecular complexity index is 1160. The van der Waals surface area contributed by atoms with Crippen molar-refractivity contribution < 1.29 is 22.7 Å². The molecular weight excluding hydrogens is 448 g/mol. The molecule has 0 aliphatic rings. The van der Waals surface area contributed by atoms with Crippen LogP contribution in [-0.4, -0.2) is 33.9 Å². The fourth-order valence-corrected chi connectivity index (χ4v) is 5.79. The number of carbonyl (C=O) groups is 2. The van der Waals surface area contributed by atoms with Gasteiger partial charge in [-0.25, -0.2) is 8.42 Å². The Morgan fingerprint density at radius 3 is 2.22 bits per heavy atom. The molecule has 7 nitrogen and oxygen atoms in total. The van der Waals surface area contributed by atoms with Gasteiger partial charge in [0.25, 0.3) is 0 Å². The van der Waals surface area contributed by atoms with E-state index in [1.165, 1.54) is 11.3 Å². The van der Waals surface area contributed by atoms with Gasteiger partial charge in [-0.1, -0.05) is 35.9 Å². The molecule has 1 heterocycles. The number of methoxy groups -OCH3 is 1. The molecule has 0 saturated heterocycles. The number of sulfone groups is 1. The minimum Gasteiger partial charge on any atom is -0.497 e. The Labute approximate surface area is 191 Å². The van der Waals surface area contributed by atoms with E-state index in [-0.39, 0.29) is 18.0 Å². The second-order valence-corrected chi connectivity index (χ2v) is 10.2. The van der Waals surface area contributed by atoms with E-state index in [0.29, 0.717) is 10.6 Å². The molecule has 0 fully saturated rings. The van der Waals surface area contributed by atoms with Gasteiger partial charge in [0.1, 0.15) is 11.0 Å². The zero-order valence-electron chi connectivity index (χ0n) is 17.7. The molecule has 168 valence electrons. The van der Waals surface area contributed by atoms with Gasteiger partial charge in [0.05, 0.1) is 12.0 Å². The van der Waals surface area contributed by atoms with Gasteiger partial charge in [-0.3, -0.25) is 9.59 Å². The largest absolute Gasteiger partial charge is 0.497 e. The highest BCUT2D eigenvalue weighted by Crippen LogP contribution is 2.31. The molecule has 0 aliphatic heterocycles. The highest BCUT2D eigenvalue weighted by Gasteiger charge is 2.31. The van der Waals surface area contributed by atoms with Crippen molar-refractivity contribution in [2.45, 2.75) is 23.6 Å². The summed E-state index contributed by atoms with van der Waals surface area (Å²) >= 11 is 1.29. The molecule has 0 spiro atoms. The lowest BCUT2D eigenvalue weighted by atomic mass is 10.2. The highest BCUT2D eigenvalue weighted by molar-refractivity contribution is 7.91. The number of aryl methyl sites for hydroxylation is 1. The van der Waals surface area contributed by atoms with Crippen molar-refractivity contribution in [1.29, 1.82) is 0 Å². The van der Waals surface area contributed by atoms with E-state index in [2.05, 4.69) is 10.6 Å².